The molecule has 2 unspecified atom stereocenters. The summed E-state index contributed by atoms with van der Waals surface area (Å²) in [5.41, 5.74) is 1.31. The van der Waals surface area contributed by atoms with Gasteiger partial charge in [0.15, 0.2) is 5.96 Å². The van der Waals surface area contributed by atoms with Gasteiger partial charge in [0.05, 0.1) is 6.61 Å². The van der Waals surface area contributed by atoms with Crippen LogP contribution in [0.4, 0.5) is 0 Å². The summed E-state index contributed by atoms with van der Waals surface area (Å²) in [5, 5.41) is 3.53. The van der Waals surface area contributed by atoms with E-state index in [-0.39, 0.29) is 0 Å². The van der Waals surface area contributed by atoms with Crippen LogP contribution in [-0.2, 0) is 0 Å². The van der Waals surface area contributed by atoms with Crippen LogP contribution in [0.1, 0.15) is 44.1 Å². The Kier molecular flexibility index (Phi) is 5.63. The molecule has 0 aliphatic carbocycles. The Bertz CT molecular complexity index is 626. The minimum absolute atomic E-state index is 0.464. The Morgan fingerprint density at radius 1 is 1.19 bits per heavy atom. The Hall–Kier alpha value is -1.75. The van der Waals surface area contributed by atoms with Crippen molar-refractivity contribution < 1.29 is 4.74 Å². The van der Waals surface area contributed by atoms with Crippen LogP contribution in [-0.4, -0.2) is 67.7 Å². The van der Waals surface area contributed by atoms with Crippen LogP contribution < -0.4 is 10.1 Å². The summed E-state index contributed by atoms with van der Waals surface area (Å²) in [4.78, 5) is 10.2. The van der Waals surface area contributed by atoms with Crippen molar-refractivity contribution in [1.82, 2.24) is 15.1 Å². The van der Waals surface area contributed by atoms with Crippen molar-refractivity contribution in [3.8, 4) is 5.75 Å². The molecular weight excluding hydrogens is 324 g/mol. The number of fused-ring (bicyclic) bond motifs is 1. The molecule has 5 nitrogen and oxygen atoms in total. The van der Waals surface area contributed by atoms with Crippen LogP contribution in [0.2, 0.25) is 0 Å². The van der Waals surface area contributed by atoms with Crippen molar-refractivity contribution in [1.29, 1.82) is 0 Å². The van der Waals surface area contributed by atoms with Gasteiger partial charge in [0.1, 0.15) is 5.75 Å². The molecule has 0 spiro atoms. The summed E-state index contributed by atoms with van der Waals surface area (Å²) in [6.45, 7) is 9.53. The smallest absolute Gasteiger partial charge is 0.193 e. The van der Waals surface area contributed by atoms with Gasteiger partial charge in [-0.25, -0.2) is 0 Å². The first-order chi connectivity index (χ1) is 12.8. The molecule has 0 amide bonds. The maximum atomic E-state index is 5.80. The molecular formula is C21H32N4O. The van der Waals surface area contributed by atoms with E-state index in [0.717, 1.165) is 50.9 Å². The molecule has 4 rings (SSSR count). The van der Waals surface area contributed by atoms with Gasteiger partial charge in [-0.05, 0) is 57.3 Å². The fraction of sp³-hybridized carbons (Fsp3) is 0.667. The van der Waals surface area contributed by atoms with Gasteiger partial charge in [0, 0.05) is 38.1 Å². The molecule has 1 N–H and O–H groups in total. The number of likely N-dealkylation sites (tertiary alicyclic amines) is 2. The molecule has 0 bridgehead atoms. The summed E-state index contributed by atoms with van der Waals surface area (Å²) >= 11 is 0. The fourth-order valence-corrected chi connectivity index (χ4v) is 4.57. The molecule has 2 atom stereocenters. The zero-order chi connectivity index (χ0) is 17.8. The number of hydrogen-bond acceptors (Lipinski definition) is 3. The van der Waals surface area contributed by atoms with Crippen molar-refractivity contribution in [3.05, 3.63) is 29.8 Å². The Labute approximate surface area is 157 Å². The molecule has 0 radical (unpaired) electrons. The number of ether oxygens (including phenoxy) is 1. The lowest BCUT2D eigenvalue weighted by Crippen LogP contribution is -2.43. The topological polar surface area (TPSA) is 40.1 Å². The summed E-state index contributed by atoms with van der Waals surface area (Å²) in [5.74, 6) is 2.60. The van der Waals surface area contributed by atoms with Crippen LogP contribution in [0.5, 0.6) is 5.75 Å². The van der Waals surface area contributed by atoms with E-state index in [0.29, 0.717) is 12.0 Å². The molecule has 3 aliphatic rings. The van der Waals surface area contributed by atoms with Gasteiger partial charge in [-0.3, -0.25) is 9.89 Å². The average molecular weight is 357 g/mol. The van der Waals surface area contributed by atoms with Crippen molar-refractivity contribution in [2.75, 3.05) is 45.9 Å². The molecule has 3 heterocycles. The van der Waals surface area contributed by atoms with E-state index >= 15 is 0 Å². The van der Waals surface area contributed by atoms with E-state index in [4.69, 9.17) is 9.73 Å². The fourth-order valence-electron chi connectivity index (χ4n) is 4.57. The minimum Gasteiger partial charge on any atom is -0.493 e. The zero-order valence-electron chi connectivity index (χ0n) is 16.0. The third-order valence-corrected chi connectivity index (χ3v) is 6.00. The Balaban J connectivity index is 1.42. The molecule has 142 valence electrons. The predicted octanol–water partition coefficient (Wildman–Crippen LogP) is 2.69. The highest BCUT2D eigenvalue weighted by Crippen LogP contribution is 2.33. The molecule has 3 aliphatic heterocycles. The standard InChI is InChI=1S/C21H32N4O/c1-2-22-21(25-13-9-18(16-25)24-11-5-6-12-24)23-15-17-10-14-26-20-8-4-3-7-19(17)20/h3-4,7-8,17-18H,2,5-6,9-16H2,1H3,(H,22,23). The second-order valence-corrected chi connectivity index (χ2v) is 7.70. The van der Waals surface area contributed by atoms with Crippen LogP contribution in [0, 0.1) is 0 Å². The number of para-hydroxylation sites is 1. The van der Waals surface area contributed by atoms with Crippen LogP contribution in [0.25, 0.3) is 0 Å². The van der Waals surface area contributed by atoms with Gasteiger partial charge in [-0.2, -0.15) is 0 Å². The summed E-state index contributed by atoms with van der Waals surface area (Å²) < 4.78 is 5.80. The number of aliphatic imine (C=N–C) groups is 1. The van der Waals surface area contributed by atoms with Gasteiger partial charge < -0.3 is 15.0 Å². The number of rotatable bonds is 4. The summed E-state index contributed by atoms with van der Waals surface area (Å²) in [7, 11) is 0. The number of nitrogens with zero attached hydrogens (tertiary/aromatic N) is 3. The highest BCUT2D eigenvalue weighted by Gasteiger charge is 2.31. The molecule has 2 fully saturated rings. The molecule has 0 aromatic heterocycles. The number of benzene rings is 1. The van der Waals surface area contributed by atoms with Crippen molar-refractivity contribution in [3.63, 3.8) is 0 Å². The van der Waals surface area contributed by atoms with Crippen LogP contribution in [0.15, 0.2) is 29.3 Å². The van der Waals surface area contributed by atoms with Crippen LogP contribution >= 0.6 is 0 Å². The maximum absolute atomic E-state index is 5.80. The zero-order valence-corrected chi connectivity index (χ0v) is 16.0. The largest absolute Gasteiger partial charge is 0.493 e. The first-order valence-corrected chi connectivity index (χ1v) is 10.3. The molecule has 5 heteroatoms. The lowest BCUT2D eigenvalue weighted by molar-refractivity contribution is 0.249. The van der Waals surface area contributed by atoms with Crippen molar-refractivity contribution in [2.45, 2.75) is 44.6 Å². The van der Waals surface area contributed by atoms with E-state index in [9.17, 15) is 0 Å². The molecule has 0 saturated carbocycles. The predicted molar refractivity (Wildman–Crippen MR) is 106 cm³/mol. The van der Waals surface area contributed by atoms with E-state index in [1.807, 2.05) is 0 Å². The highest BCUT2D eigenvalue weighted by molar-refractivity contribution is 5.80. The van der Waals surface area contributed by atoms with Gasteiger partial charge in [0.2, 0.25) is 0 Å². The minimum atomic E-state index is 0.464. The van der Waals surface area contributed by atoms with E-state index in [2.05, 4.69) is 46.3 Å². The Morgan fingerprint density at radius 2 is 2.04 bits per heavy atom. The second-order valence-electron chi connectivity index (χ2n) is 7.70. The SMILES string of the molecule is CCNC(=NCC1CCOc2ccccc21)N1CCC(N2CCCC2)C1. The molecule has 2 saturated heterocycles. The van der Waals surface area contributed by atoms with E-state index < -0.39 is 0 Å². The molecule has 1 aromatic carbocycles. The lowest BCUT2D eigenvalue weighted by atomic mass is 9.93. The van der Waals surface area contributed by atoms with Crippen molar-refractivity contribution in [2.24, 2.45) is 4.99 Å². The summed E-state index contributed by atoms with van der Waals surface area (Å²) in [6, 6.07) is 9.15. The van der Waals surface area contributed by atoms with Gasteiger partial charge in [0.25, 0.3) is 0 Å². The first kappa shape index (κ1) is 17.7. The number of guanidine groups is 1. The number of nitrogens with one attached hydrogen (secondary N) is 1. The Morgan fingerprint density at radius 3 is 2.88 bits per heavy atom. The van der Waals surface area contributed by atoms with E-state index in [1.165, 1.54) is 37.9 Å². The normalized spacial score (nSPS) is 26.7. The lowest BCUT2D eigenvalue weighted by Gasteiger charge is -2.27. The van der Waals surface area contributed by atoms with E-state index in [1.54, 1.807) is 0 Å². The first-order valence-electron chi connectivity index (χ1n) is 10.3. The second kappa shape index (κ2) is 8.30. The monoisotopic (exact) mass is 356 g/mol. The van der Waals surface area contributed by atoms with Gasteiger partial charge in [-0.15, -0.1) is 0 Å². The highest BCUT2D eigenvalue weighted by atomic mass is 16.5. The third kappa shape index (κ3) is 3.83. The van der Waals surface area contributed by atoms with Crippen molar-refractivity contribution >= 4 is 5.96 Å². The van der Waals surface area contributed by atoms with Gasteiger partial charge >= 0.3 is 0 Å². The average Bonchev–Trinajstić information content (AvgIpc) is 3.36. The third-order valence-electron chi connectivity index (χ3n) is 6.00. The summed E-state index contributed by atoms with van der Waals surface area (Å²) in [6.07, 6.45) is 5.06. The number of hydrogen-bond donors (Lipinski definition) is 1. The van der Waals surface area contributed by atoms with Crippen LogP contribution in [0.3, 0.4) is 0 Å². The molecule has 1 aromatic rings. The quantitative estimate of drug-likeness (QED) is 0.665. The molecule has 26 heavy (non-hydrogen) atoms. The van der Waals surface area contributed by atoms with Gasteiger partial charge in [-0.1, -0.05) is 18.2 Å². The maximum Gasteiger partial charge on any atom is 0.193 e.